The molecule has 2 rings (SSSR count). The van der Waals surface area contributed by atoms with Gasteiger partial charge in [-0.25, -0.2) is 13.6 Å². The van der Waals surface area contributed by atoms with Crippen LogP contribution in [0.15, 0.2) is 22.7 Å². The Kier molecular flexibility index (Phi) is 4.75. The molecule has 112 valence electrons. The van der Waals surface area contributed by atoms with Gasteiger partial charge in [0.2, 0.25) is 0 Å². The number of benzene rings is 1. The Hall–Kier alpha value is -1.72. The van der Waals surface area contributed by atoms with Gasteiger partial charge in [0.05, 0.1) is 12.2 Å². The lowest BCUT2D eigenvalue weighted by Gasteiger charge is -2.08. The van der Waals surface area contributed by atoms with E-state index in [-0.39, 0.29) is 19.6 Å². The number of carbonyl (C=O) groups is 1. The van der Waals surface area contributed by atoms with Gasteiger partial charge in [0.15, 0.2) is 0 Å². The molecular formula is C13H12BrF2N3O2. The van der Waals surface area contributed by atoms with Crippen LogP contribution in [0.5, 0.6) is 0 Å². The summed E-state index contributed by atoms with van der Waals surface area (Å²) in [6.07, 6.45) is -1.27. The average Bonchev–Trinajstić information content (AvgIpc) is 3.02. The number of ether oxygens (including phenoxy) is 1. The smallest absolute Gasteiger partial charge is 0.319 e. The van der Waals surface area contributed by atoms with E-state index >= 15 is 0 Å². The highest BCUT2D eigenvalue weighted by Gasteiger charge is 2.58. The third kappa shape index (κ3) is 4.37. The molecule has 2 amide bonds. The van der Waals surface area contributed by atoms with E-state index < -0.39 is 18.1 Å². The molecule has 1 aliphatic rings. The molecule has 0 aromatic heterocycles. The van der Waals surface area contributed by atoms with E-state index in [1.165, 1.54) is 0 Å². The number of amides is 2. The Balaban J connectivity index is 1.70. The number of nitrogens with zero attached hydrogens (tertiary/aromatic N) is 1. The highest BCUT2D eigenvalue weighted by molar-refractivity contribution is 9.10. The van der Waals surface area contributed by atoms with E-state index in [4.69, 9.17) is 10.00 Å². The van der Waals surface area contributed by atoms with Crippen molar-refractivity contribution in [2.75, 3.05) is 18.5 Å². The van der Waals surface area contributed by atoms with Crippen molar-refractivity contribution in [1.82, 2.24) is 5.32 Å². The van der Waals surface area contributed by atoms with Crippen LogP contribution >= 0.6 is 15.9 Å². The van der Waals surface area contributed by atoms with Gasteiger partial charge in [0.25, 0.3) is 5.92 Å². The van der Waals surface area contributed by atoms with Crippen LogP contribution in [-0.4, -0.2) is 31.2 Å². The lowest BCUT2D eigenvalue weighted by Crippen LogP contribution is -2.32. The van der Waals surface area contributed by atoms with Gasteiger partial charge in [-0.2, -0.15) is 5.26 Å². The van der Waals surface area contributed by atoms with Crippen molar-refractivity contribution in [3.8, 4) is 6.07 Å². The second kappa shape index (κ2) is 6.37. The first-order valence-corrected chi connectivity index (χ1v) is 6.95. The minimum Gasteiger partial charge on any atom is -0.370 e. The topological polar surface area (TPSA) is 74.2 Å². The third-order valence-electron chi connectivity index (χ3n) is 2.82. The van der Waals surface area contributed by atoms with Crippen molar-refractivity contribution in [2.45, 2.75) is 18.4 Å². The van der Waals surface area contributed by atoms with Crippen LogP contribution in [0.1, 0.15) is 12.0 Å². The fourth-order valence-corrected chi connectivity index (χ4v) is 2.06. The van der Waals surface area contributed by atoms with E-state index in [2.05, 4.69) is 26.6 Å². The van der Waals surface area contributed by atoms with Crippen molar-refractivity contribution < 1.29 is 18.3 Å². The highest BCUT2D eigenvalue weighted by Crippen LogP contribution is 2.44. The molecule has 0 bridgehead atoms. The number of anilines is 1. The van der Waals surface area contributed by atoms with Gasteiger partial charge in [-0.1, -0.05) is 0 Å². The summed E-state index contributed by atoms with van der Waals surface area (Å²) < 4.78 is 30.5. The minimum atomic E-state index is -2.71. The Morgan fingerprint density at radius 2 is 2.29 bits per heavy atom. The van der Waals surface area contributed by atoms with Gasteiger partial charge in [-0.05, 0) is 34.1 Å². The summed E-state index contributed by atoms with van der Waals surface area (Å²) in [5.41, 5.74) is 0.965. The molecule has 1 aromatic carbocycles. The zero-order chi connectivity index (χ0) is 15.5. The number of hydrogen-bond acceptors (Lipinski definition) is 3. The molecule has 1 fully saturated rings. The number of urea groups is 1. The van der Waals surface area contributed by atoms with E-state index in [0.717, 1.165) is 0 Å². The van der Waals surface area contributed by atoms with Crippen molar-refractivity contribution in [3.05, 3.63) is 28.2 Å². The summed E-state index contributed by atoms with van der Waals surface area (Å²) in [6, 6.07) is 6.26. The van der Waals surface area contributed by atoms with Crippen molar-refractivity contribution in [2.24, 2.45) is 0 Å². The lowest BCUT2D eigenvalue weighted by atomic mass is 10.2. The standard InChI is InChI=1S/C13H12BrF2N3O2/c14-10-5-9(2-1-8(10)7-17)19-12(20)18-3-4-21-11-6-13(11,15)16/h1-2,5,11H,3-4,6H2,(H2,18,19,20). The first kappa shape index (κ1) is 15.7. The molecule has 0 spiro atoms. The SMILES string of the molecule is N#Cc1ccc(NC(=O)NCCOC2CC2(F)F)cc1Br. The number of nitriles is 1. The first-order valence-electron chi connectivity index (χ1n) is 6.16. The maximum Gasteiger partial charge on any atom is 0.319 e. The normalized spacial score (nSPS) is 18.7. The number of halogens is 3. The van der Waals surface area contributed by atoms with Crippen LogP contribution in [0.2, 0.25) is 0 Å². The zero-order valence-corrected chi connectivity index (χ0v) is 12.4. The van der Waals surface area contributed by atoms with Gasteiger partial charge in [-0.3, -0.25) is 0 Å². The van der Waals surface area contributed by atoms with Crippen LogP contribution in [0.4, 0.5) is 19.3 Å². The molecule has 0 aliphatic heterocycles. The minimum absolute atomic E-state index is 0.0325. The molecule has 21 heavy (non-hydrogen) atoms. The quantitative estimate of drug-likeness (QED) is 0.793. The summed E-state index contributed by atoms with van der Waals surface area (Å²) in [5.74, 6) is -2.71. The maximum atomic E-state index is 12.5. The second-order valence-electron chi connectivity index (χ2n) is 4.51. The molecular weight excluding hydrogens is 348 g/mol. The summed E-state index contributed by atoms with van der Waals surface area (Å²) in [5, 5.41) is 13.8. The number of nitrogens with one attached hydrogen (secondary N) is 2. The van der Waals surface area contributed by atoms with Crippen LogP contribution in [-0.2, 0) is 4.74 Å². The fraction of sp³-hybridized carbons (Fsp3) is 0.385. The number of carbonyl (C=O) groups excluding carboxylic acids is 1. The van der Waals surface area contributed by atoms with Gasteiger partial charge < -0.3 is 15.4 Å². The van der Waals surface area contributed by atoms with E-state index in [9.17, 15) is 13.6 Å². The van der Waals surface area contributed by atoms with E-state index in [1.54, 1.807) is 18.2 Å². The summed E-state index contributed by atoms with van der Waals surface area (Å²) in [4.78, 5) is 11.6. The molecule has 0 saturated heterocycles. The Bertz CT molecular complexity index is 589. The molecule has 1 unspecified atom stereocenters. The van der Waals surface area contributed by atoms with Crippen LogP contribution in [0, 0.1) is 11.3 Å². The largest absolute Gasteiger partial charge is 0.370 e. The summed E-state index contributed by atoms with van der Waals surface area (Å²) >= 11 is 3.21. The molecule has 1 aliphatic carbocycles. The average molecular weight is 360 g/mol. The van der Waals surface area contributed by atoms with Crippen LogP contribution in [0.25, 0.3) is 0 Å². The van der Waals surface area contributed by atoms with Crippen LogP contribution < -0.4 is 10.6 Å². The van der Waals surface area contributed by atoms with Gasteiger partial charge in [0.1, 0.15) is 12.2 Å². The molecule has 1 saturated carbocycles. The van der Waals surface area contributed by atoms with E-state index in [0.29, 0.717) is 15.7 Å². The maximum absolute atomic E-state index is 12.5. The Morgan fingerprint density at radius 1 is 1.57 bits per heavy atom. The molecule has 1 atom stereocenters. The molecule has 5 nitrogen and oxygen atoms in total. The van der Waals surface area contributed by atoms with Gasteiger partial charge in [0, 0.05) is 23.1 Å². The molecule has 0 heterocycles. The van der Waals surface area contributed by atoms with Crippen molar-refractivity contribution in [3.63, 3.8) is 0 Å². The Morgan fingerprint density at radius 3 is 2.86 bits per heavy atom. The third-order valence-corrected chi connectivity index (χ3v) is 3.48. The number of alkyl halides is 2. The lowest BCUT2D eigenvalue weighted by molar-refractivity contribution is 0.0150. The Labute approximate surface area is 128 Å². The van der Waals surface area contributed by atoms with Gasteiger partial charge in [-0.15, -0.1) is 0 Å². The molecule has 0 radical (unpaired) electrons. The zero-order valence-electron chi connectivity index (χ0n) is 10.8. The number of rotatable bonds is 5. The predicted octanol–water partition coefficient (Wildman–Crippen LogP) is 2.87. The van der Waals surface area contributed by atoms with Gasteiger partial charge >= 0.3 is 6.03 Å². The highest BCUT2D eigenvalue weighted by atomic mass is 79.9. The molecule has 2 N–H and O–H groups in total. The first-order chi connectivity index (χ1) is 9.92. The second-order valence-corrected chi connectivity index (χ2v) is 5.37. The van der Waals surface area contributed by atoms with Crippen molar-refractivity contribution in [1.29, 1.82) is 5.26 Å². The van der Waals surface area contributed by atoms with Crippen LogP contribution in [0.3, 0.4) is 0 Å². The van der Waals surface area contributed by atoms with Crippen molar-refractivity contribution >= 4 is 27.6 Å². The molecule has 1 aromatic rings. The number of hydrogen-bond donors (Lipinski definition) is 2. The predicted molar refractivity (Wildman–Crippen MR) is 75.2 cm³/mol. The van der Waals surface area contributed by atoms with E-state index in [1.807, 2.05) is 6.07 Å². The monoisotopic (exact) mass is 359 g/mol. The summed E-state index contributed by atoms with van der Waals surface area (Å²) in [6.45, 7) is 0.167. The summed E-state index contributed by atoms with van der Waals surface area (Å²) in [7, 11) is 0. The molecule has 8 heteroatoms. The fourth-order valence-electron chi connectivity index (χ4n) is 1.59.